The number of benzene rings is 1. The van der Waals surface area contributed by atoms with E-state index >= 15 is 0 Å². The summed E-state index contributed by atoms with van der Waals surface area (Å²) in [7, 11) is 3.25. The number of nitrogens with one attached hydrogen (secondary N) is 1. The minimum Gasteiger partial charge on any atom is -0.497 e. The number of rotatable bonds is 7. The highest BCUT2D eigenvalue weighted by atomic mass is 16.5. The fourth-order valence-corrected chi connectivity index (χ4v) is 3.08. The Balaban J connectivity index is 1.70. The van der Waals surface area contributed by atoms with Crippen molar-refractivity contribution in [2.45, 2.75) is 44.3 Å². The lowest BCUT2D eigenvalue weighted by atomic mass is 9.84. The molecule has 5 nitrogen and oxygen atoms in total. The molecule has 0 aliphatic heterocycles. The average Bonchev–Trinajstić information content (AvgIpc) is 2.59. The predicted octanol–water partition coefficient (Wildman–Crippen LogP) is 1.92. The third kappa shape index (κ3) is 5.22. The van der Waals surface area contributed by atoms with Gasteiger partial charge in [0.1, 0.15) is 5.75 Å². The Hall–Kier alpha value is -1.59. The molecule has 0 radical (unpaired) electrons. The summed E-state index contributed by atoms with van der Waals surface area (Å²) in [4.78, 5) is 12.2. The quantitative estimate of drug-likeness (QED) is 0.753. The SMILES string of the molecule is COc1cccc(CCCNC(=O)[C@@H]2CC[C@H](O)[C@H](OC)C2)c1. The third-order valence-electron chi connectivity index (χ3n) is 4.51. The van der Waals surface area contributed by atoms with Gasteiger partial charge in [-0.2, -0.15) is 0 Å². The molecular weight excluding hydrogens is 294 g/mol. The number of carbonyl (C=O) groups is 1. The van der Waals surface area contributed by atoms with Crippen molar-refractivity contribution in [2.75, 3.05) is 20.8 Å². The first-order chi connectivity index (χ1) is 11.1. The molecular formula is C18H27NO4. The number of aliphatic hydroxyl groups excluding tert-OH is 1. The summed E-state index contributed by atoms with van der Waals surface area (Å²) >= 11 is 0. The Morgan fingerprint density at radius 2 is 2.17 bits per heavy atom. The van der Waals surface area contributed by atoms with Gasteiger partial charge in [-0.25, -0.2) is 0 Å². The van der Waals surface area contributed by atoms with Gasteiger partial charge in [0.05, 0.1) is 19.3 Å². The number of methoxy groups -OCH3 is 2. The van der Waals surface area contributed by atoms with Crippen LogP contribution in [0, 0.1) is 5.92 Å². The van der Waals surface area contributed by atoms with Crippen LogP contribution in [-0.2, 0) is 16.0 Å². The molecule has 1 saturated carbocycles. The molecule has 23 heavy (non-hydrogen) atoms. The molecule has 0 unspecified atom stereocenters. The van der Waals surface area contributed by atoms with E-state index in [1.165, 1.54) is 5.56 Å². The van der Waals surface area contributed by atoms with Crippen LogP contribution in [0.1, 0.15) is 31.2 Å². The van der Waals surface area contributed by atoms with Crippen molar-refractivity contribution in [3.63, 3.8) is 0 Å². The largest absolute Gasteiger partial charge is 0.497 e. The molecule has 3 atom stereocenters. The molecule has 0 heterocycles. The summed E-state index contributed by atoms with van der Waals surface area (Å²) in [5.41, 5.74) is 1.21. The van der Waals surface area contributed by atoms with E-state index < -0.39 is 6.10 Å². The Kier molecular flexibility index (Phi) is 6.86. The smallest absolute Gasteiger partial charge is 0.223 e. The summed E-state index contributed by atoms with van der Waals surface area (Å²) < 4.78 is 10.5. The molecule has 1 aromatic rings. The van der Waals surface area contributed by atoms with Crippen LogP contribution in [0.25, 0.3) is 0 Å². The van der Waals surface area contributed by atoms with Gasteiger partial charge in [0.2, 0.25) is 5.91 Å². The molecule has 1 amide bonds. The second-order valence-electron chi connectivity index (χ2n) is 6.10. The van der Waals surface area contributed by atoms with Gasteiger partial charge in [0, 0.05) is 19.6 Å². The zero-order chi connectivity index (χ0) is 16.7. The molecule has 1 aliphatic carbocycles. The van der Waals surface area contributed by atoms with E-state index in [0.717, 1.165) is 25.0 Å². The first kappa shape index (κ1) is 17.8. The molecule has 0 aromatic heterocycles. The molecule has 2 N–H and O–H groups in total. The van der Waals surface area contributed by atoms with E-state index in [9.17, 15) is 9.90 Å². The second-order valence-corrected chi connectivity index (χ2v) is 6.10. The maximum Gasteiger partial charge on any atom is 0.223 e. The lowest BCUT2D eigenvalue weighted by Crippen LogP contribution is -2.41. The number of amides is 1. The highest BCUT2D eigenvalue weighted by molar-refractivity contribution is 5.78. The van der Waals surface area contributed by atoms with Crippen LogP contribution in [0.3, 0.4) is 0 Å². The Labute approximate surface area is 138 Å². The zero-order valence-corrected chi connectivity index (χ0v) is 14.0. The monoisotopic (exact) mass is 321 g/mol. The molecule has 1 aromatic carbocycles. The first-order valence-electron chi connectivity index (χ1n) is 8.25. The van der Waals surface area contributed by atoms with Crippen LogP contribution in [0.15, 0.2) is 24.3 Å². The maximum absolute atomic E-state index is 12.2. The summed E-state index contributed by atoms with van der Waals surface area (Å²) in [5.74, 6) is 0.877. The van der Waals surface area contributed by atoms with Crippen LogP contribution >= 0.6 is 0 Å². The van der Waals surface area contributed by atoms with E-state index in [2.05, 4.69) is 11.4 Å². The van der Waals surface area contributed by atoms with Gasteiger partial charge >= 0.3 is 0 Å². The van der Waals surface area contributed by atoms with Crippen molar-refractivity contribution in [3.05, 3.63) is 29.8 Å². The van der Waals surface area contributed by atoms with Crippen LogP contribution in [-0.4, -0.2) is 44.0 Å². The van der Waals surface area contributed by atoms with Crippen LogP contribution < -0.4 is 10.1 Å². The minimum absolute atomic E-state index is 0.0554. The number of hydrogen-bond acceptors (Lipinski definition) is 4. The fraction of sp³-hybridized carbons (Fsp3) is 0.611. The van der Waals surface area contributed by atoms with Crippen molar-refractivity contribution in [3.8, 4) is 5.75 Å². The van der Waals surface area contributed by atoms with Gasteiger partial charge in [-0.05, 0) is 49.8 Å². The Bertz CT molecular complexity index is 506. The van der Waals surface area contributed by atoms with E-state index in [-0.39, 0.29) is 17.9 Å². The topological polar surface area (TPSA) is 67.8 Å². The summed E-state index contributed by atoms with van der Waals surface area (Å²) in [5, 5.41) is 12.8. The summed E-state index contributed by atoms with van der Waals surface area (Å²) in [6.07, 6.45) is 3.07. The van der Waals surface area contributed by atoms with Gasteiger partial charge in [0.15, 0.2) is 0 Å². The molecule has 1 aliphatic rings. The molecule has 2 rings (SSSR count). The molecule has 128 valence electrons. The molecule has 1 fully saturated rings. The van der Waals surface area contributed by atoms with Crippen molar-refractivity contribution < 1.29 is 19.4 Å². The highest BCUT2D eigenvalue weighted by Crippen LogP contribution is 2.26. The Morgan fingerprint density at radius 3 is 2.91 bits per heavy atom. The van der Waals surface area contributed by atoms with E-state index in [4.69, 9.17) is 9.47 Å². The highest BCUT2D eigenvalue weighted by Gasteiger charge is 2.32. The summed E-state index contributed by atoms with van der Waals surface area (Å²) in [6, 6.07) is 7.99. The maximum atomic E-state index is 12.2. The lowest BCUT2D eigenvalue weighted by molar-refractivity contribution is -0.130. The summed E-state index contributed by atoms with van der Waals surface area (Å²) in [6.45, 7) is 0.659. The number of ether oxygens (including phenoxy) is 2. The predicted molar refractivity (Wildman–Crippen MR) is 88.5 cm³/mol. The van der Waals surface area contributed by atoms with Crippen molar-refractivity contribution >= 4 is 5.91 Å². The fourth-order valence-electron chi connectivity index (χ4n) is 3.08. The molecule has 0 bridgehead atoms. The molecule has 0 spiro atoms. The van der Waals surface area contributed by atoms with Crippen LogP contribution in [0.5, 0.6) is 5.75 Å². The number of aliphatic hydroxyl groups is 1. The van der Waals surface area contributed by atoms with Gasteiger partial charge in [0.25, 0.3) is 0 Å². The van der Waals surface area contributed by atoms with E-state index in [0.29, 0.717) is 19.4 Å². The minimum atomic E-state index is -0.447. The van der Waals surface area contributed by atoms with Crippen molar-refractivity contribution in [1.82, 2.24) is 5.32 Å². The standard InChI is InChI=1S/C18H27NO4/c1-22-15-7-3-5-13(11-15)6-4-10-19-18(21)14-8-9-16(20)17(12-14)23-2/h3,5,7,11,14,16-17,20H,4,6,8-10,12H2,1-2H3,(H,19,21)/t14-,16+,17-/m1/s1. The van der Waals surface area contributed by atoms with Crippen LogP contribution in [0.4, 0.5) is 0 Å². The van der Waals surface area contributed by atoms with E-state index in [1.807, 2.05) is 18.2 Å². The number of carbonyl (C=O) groups excluding carboxylic acids is 1. The average molecular weight is 321 g/mol. The molecule has 5 heteroatoms. The van der Waals surface area contributed by atoms with Gasteiger partial charge < -0.3 is 19.9 Å². The third-order valence-corrected chi connectivity index (χ3v) is 4.51. The van der Waals surface area contributed by atoms with Crippen molar-refractivity contribution in [1.29, 1.82) is 0 Å². The zero-order valence-electron chi connectivity index (χ0n) is 14.0. The van der Waals surface area contributed by atoms with Gasteiger partial charge in [-0.3, -0.25) is 4.79 Å². The van der Waals surface area contributed by atoms with Gasteiger partial charge in [-0.1, -0.05) is 12.1 Å². The number of hydrogen-bond donors (Lipinski definition) is 2. The first-order valence-corrected chi connectivity index (χ1v) is 8.25. The van der Waals surface area contributed by atoms with Crippen LogP contribution in [0.2, 0.25) is 0 Å². The van der Waals surface area contributed by atoms with Crippen molar-refractivity contribution in [2.24, 2.45) is 5.92 Å². The number of aryl methyl sites for hydroxylation is 1. The Morgan fingerprint density at radius 1 is 1.35 bits per heavy atom. The van der Waals surface area contributed by atoms with Gasteiger partial charge in [-0.15, -0.1) is 0 Å². The lowest BCUT2D eigenvalue weighted by Gasteiger charge is -2.31. The van der Waals surface area contributed by atoms with E-state index in [1.54, 1.807) is 14.2 Å². The second kappa shape index (κ2) is 8.89. The molecule has 0 saturated heterocycles. The normalized spacial score (nSPS) is 24.2.